The SMILES string of the molecule is CC(C)(C)Oc1cc(F)c(C[C@@H](O)[C@H](O[Si](C)(C)C(C)(C)C)c2ccc(OCc3ccccc3)c(OCc3ccccc3)c2)c(OCc2ccccc2)c1. The molecule has 0 saturated heterocycles. The summed E-state index contributed by atoms with van der Waals surface area (Å²) in [5.41, 5.74) is 3.35. The van der Waals surface area contributed by atoms with Gasteiger partial charge in [0.25, 0.3) is 0 Å². The molecule has 286 valence electrons. The smallest absolute Gasteiger partial charge is 0.193 e. The highest BCUT2D eigenvalue weighted by Gasteiger charge is 2.41. The lowest BCUT2D eigenvalue weighted by molar-refractivity contribution is 0.0257. The highest BCUT2D eigenvalue weighted by atomic mass is 28.4. The van der Waals surface area contributed by atoms with Crippen LogP contribution in [-0.2, 0) is 30.7 Å². The zero-order valence-electron chi connectivity index (χ0n) is 32.9. The van der Waals surface area contributed by atoms with Gasteiger partial charge >= 0.3 is 0 Å². The predicted octanol–water partition coefficient (Wildman–Crippen LogP) is 11.4. The monoisotopic (exact) mass is 750 g/mol. The van der Waals surface area contributed by atoms with Crippen molar-refractivity contribution in [1.82, 2.24) is 0 Å². The molecule has 5 aromatic carbocycles. The van der Waals surface area contributed by atoms with Crippen LogP contribution in [0.2, 0.25) is 18.1 Å². The van der Waals surface area contributed by atoms with Gasteiger partial charge < -0.3 is 28.5 Å². The lowest BCUT2D eigenvalue weighted by Crippen LogP contribution is -2.44. The Balaban J connectivity index is 1.52. The van der Waals surface area contributed by atoms with Crippen LogP contribution in [0, 0.1) is 5.82 Å². The lowest BCUT2D eigenvalue weighted by atomic mass is 9.97. The highest BCUT2D eigenvalue weighted by molar-refractivity contribution is 6.74. The van der Waals surface area contributed by atoms with E-state index in [4.69, 9.17) is 23.4 Å². The first-order chi connectivity index (χ1) is 25.6. The summed E-state index contributed by atoms with van der Waals surface area (Å²) >= 11 is 0. The molecular formula is C46H55FO6Si. The average Bonchev–Trinajstić information content (AvgIpc) is 3.12. The second kappa shape index (κ2) is 17.7. The Kier molecular flexibility index (Phi) is 13.3. The molecule has 0 unspecified atom stereocenters. The molecule has 2 atom stereocenters. The van der Waals surface area contributed by atoms with E-state index in [1.54, 1.807) is 6.07 Å². The normalized spacial score (nSPS) is 13.2. The Morgan fingerprint density at radius 3 is 1.57 bits per heavy atom. The molecule has 0 fully saturated rings. The van der Waals surface area contributed by atoms with E-state index in [9.17, 15) is 5.11 Å². The van der Waals surface area contributed by atoms with E-state index in [1.807, 2.05) is 130 Å². The van der Waals surface area contributed by atoms with Crippen LogP contribution in [0.5, 0.6) is 23.0 Å². The fourth-order valence-corrected chi connectivity index (χ4v) is 6.93. The van der Waals surface area contributed by atoms with Gasteiger partial charge in [-0.05, 0) is 73.3 Å². The molecule has 0 aliphatic heterocycles. The minimum atomic E-state index is -2.49. The molecule has 6 nitrogen and oxygen atoms in total. The number of aliphatic hydroxyl groups excluding tert-OH is 1. The maximum absolute atomic E-state index is 16.2. The van der Waals surface area contributed by atoms with Crippen LogP contribution in [-0.4, -0.2) is 25.1 Å². The Labute approximate surface area is 322 Å². The number of benzene rings is 5. The third-order valence-electron chi connectivity index (χ3n) is 9.55. The summed E-state index contributed by atoms with van der Waals surface area (Å²) in [7, 11) is -2.49. The van der Waals surface area contributed by atoms with Gasteiger partial charge in [-0.15, -0.1) is 0 Å². The summed E-state index contributed by atoms with van der Waals surface area (Å²) < 4.78 is 48.3. The third kappa shape index (κ3) is 11.4. The van der Waals surface area contributed by atoms with Crippen molar-refractivity contribution >= 4 is 8.32 Å². The number of hydrogen-bond acceptors (Lipinski definition) is 6. The van der Waals surface area contributed by atoms with Crippen molar-refractivity contribution in [3.05, 3.63) is 155 Å². The number of rotatable bonds is 16. The van der Waals surface area contributed by atoms with Crippen molar-refractivity contribution in [1.29, 1.82) is 0 Å². The van der Waals surface area contributed by atoms with Gasteiger partial charge in [0.05, 0.1) is 12.2 Å². The van der Waals surface area contributed by atoms with Gasteiger partial charge in [-0.3, -0.25) is 0 Å². The number of hydrogen-bond donors (Lipinski definition) is 1. The molecule has 8 heteroatoms. The van der Waals surface area contributed by atoms with Crippen molar-refractivity contribution in [2.24, 2.45) is 0 Å². The second-order valence-electron chi connectivity index (χ2n) is 16.2. The Morgan fingerprint density at radius 2 is 1.09 bits per heavy atom. The zero-order chi connectivity index (χ0) is 38.9. The van der Waals surface area contributed by atoms with Gasteiger partial charge in [0.1, 0.15) is 42.7 Å². The molecular weight excluding hydrogens is 696 g/mol. The Morgan fingerprint density at radius 1 is 0.611 bits per heavy atom. The van der Waals surface area contributed by atoms with Gasteiger partial charge in [0.2, 0.25) is 0 Å². The minimum absolute atomic E-state index is 0.0719. The van der Waals surface area contributed by atoms with E-state index in [-0.39, 0.29) is 23.6 Å². The fraction of sp³-hybridized carbons (Fsp3) is 0.348. The second-order valence-corrected chi connectivity index (χ2v) is 21.0. The fourth-order valence-electron chi connectivity index (χ4n) is 5.65. The summed E-state index contributed by atoms with van der Waals surface area (Å²) in [6, 6.07) is 38.3. The third-order valence-corrected chi connectivity index (χ3v) is 14.0. The van der Waals surface area contributed by atoms with E-state index in [2.05, 4.69) is 33.9 Å². The summed E-state index contributed by atoms with van der Waals surface area (Å²) in [5.74, 6) is 1.21. The number of ether oxygens (including phenoxy) is 4. The van der Waals surface area contributed by atoms with Gasteiger partial charge in [0, 0.05) is 24.1 Å². The van der Waals surface area contributed by atoms with Crippen LogP contribution >= 0.6 is 0 Å². The van der Waals surface area contributed by atoms with Crippen LogP contribution in [0.25, 0.3) is 0 Å². The van der Waals surface area contributed by atoms with Crippen molar-refractivity contribution < 1.29 is 32.9 Å². The molecule has 5 aromatic rings. The van der Waals surface area contributed by atoms with E-state index < -0.39 is 31.9 Å². The van der Waals surface area contributed by atoms with Crippen molar-refractivity contribution in [2.75, 3.05) is 0 Å². The van der Waals surface area contributed by atoms with Gasteiger partial charge in [0.15, 0.2) is 19.8 Å². The number of halogens is 1. The molecule has 0 aliphatic carbocycles. The van der Waals surface area contributed by atoms with Crippen molar-refractivity contribution in [2.45, 2.75) is 104 Å². The molecule has 0 aliphatic rings. The van der Waals surface area contributed by atoms with Crippen molar-refractivity contribution in [3.63, 3.8) is 0 Å². The van der Waals surface area contributed by atoms with Gasteiger partial charge in [-0.1, -0.05) is 118 Å². The predicted molar refractivity (Wildman–Crippen MR) is 216 cm³/mol. The highest BCUT2D eigenvalue weighted by Crippen LogP contribution is 2.43. The van der Waals surface area contributed by atoms with E-state index in [0.717, 1.165) is 16.7 Å². The molecule has 54 heavy (non-hydrogen) atoms. The molecule has 1 N–H and O–H groups in total. The molecule has 5 rings (SSSR count). The van der Waals surface area contributed by atoms with E-state index in [0.29, 0.717) is 41.8 Å². The zero-order valence-corrected chi connectivity index (χ0v) is 33.9. The minimum Gasteiger partial charge on any atom is -0.488 e. The quantitative estimate of drug-likeness (QED) is 0.101. The summed E-state index contributed by atoms with van der Waals surface area (Å²) in [5, 5.41) is 12.1. The van der Waals surface area contributed by atoms with Gasteiger partial charge in [-0.2, -0.15) is 0 Å². The molecule has 0 spiro atoms. The number of aliphatic hydroxyl groups is 1. The maximum atomic E-state index is 16.2. The standard InChI is InChI=1S/C46H55FO6Si/c1-45(2,3)52-37-27-39(47)38(42(28-37)50-31-34-20-14-10-15-21-34)29-40(48)44(53-54(7,8)46(4,5)6)36-24-25-41(49-30-33-18-12-9-13-19-33)43(26-36)51-32-35-22-16-11-17-23-35/h9-28,40,44,48H,29-32H2,1-8H3/t40-,44-/m1/s1. The Bertz CT molecular complexity index is 1920. The first kappa shape index (κ1) is 40.5. The largest absolute Gasteiger partial charge is 0.488 e. The summed E-state index contributed by atoms with van der Waals surface area (Å²) in [4.78, 5) is 0. The molecule has 0 bridgehead atoms. The lowest BCUT2D eigenvalue weighted by Gasteiger charge is -2.41. The van der Waals surface area contributed by atoms with Crippen LogP contribution in [0.3, 0.4) is 0 Å². The summed E-state index contributed by atoms with van der Waals surface area (Å²) in [6.45, 7) is 17.4. The maximum Gasteiger partial charge on any atom is 0.193 e. The molecule has 0 aromatic heterocycles. The Hall–Kier alpha value is -4.63. The summed E-state index contributed by atoms with van der Waals surface area (Å²) in [6.07, 6.45) is -2.04. The topological polar surface area (TPSA) is 66.4 Å². The van der Waals surface area contributed by atoms with Crippen LogP contribution in [0.4, 0.5) is 4.39 Å². The van der Waals surface area contributed by atoms with Crippen LogP contribution in [0.1, 0.15) is 75.5 Å². The molecule has 0 amide bonds. The van der Waals surface area contributed by atoms with Gasteiger partial charge in [-0.25, -0.2) is 4.39 Å². The van der Waals surface area contributed by atoms with Crippen LogP contribution < -0.4 is 18.9 Å². The molecule has 0 heterocycles. The first-order valence-corrected chi connectivity index (χ1v) is 21.5. The van der Waals surface area contributed by atoms with E-state index >= 15 is 4.39 Å². The van der Waals surface area contributed by atoms with Crippen LogP contribution in [0.15, 0.2) is 121 Å². The molecule has 0 saturated carbocycles. The molecule has 0 radical (unpaired) electrons. The average molecular weight is 751 g/mol. The first-order valence-electron chi connectivity index (χ1n) is 18.6. The van der Waals surface area contributed by atoms with Crippen molar-refractivity contribution in [3.8, 4) is 23.0 Å². The van der Waals surface area contributed by atoms with E-state index in [1.165, 1.54) is 6.07 Å².